The Morgan fingerprint density at radius 1 is 1.56 bits per heavy atom. The van der Waals surface area contributed by atoms with E-state index >= 15 is 0 Å². The Morgan fingerprint density at radius 2 is 2.31 bits per heavy atom. The first-order valence-electron chi connectivity index (χ1n) is 5.63. The van der Waals surface area contributed by atoms with Gasteiger partial charge >= 0.3 is 0 Å². The Labute approximate surface area is 101 Å². The number of hydrogen-bond donors (Lipinski definition) is 1. The fraction of sp³-hybridized carbons (Fsp3) is 0.727. The number of ether oxygens (including phenoxy) is 1. The largest absolute Gasteiger partial charge is 0.373 e. The molecule has 1 fully saturated rings. The quantitative estimate of drug-likeness (QED) is 0.881. The summed E-state index contributed by atoms with van der Waals surface area (Å²) in [5.74, 6) is 0. The number of nitrogens with zero attached hydrogens (tertiary/aromatic N) is 2. The number of aryl methyl sites for hydroxylation is 2. The number of aromatic nitrogens is 2. The predicted molar refractivity (Wildman–Crippen MR) is 63.4 cm³/mol. The molecule has 2 atom stereocenters. The first-order chi connectivity index (χ1) is 7.58. The van der Waals surface area contributed by atoms with Crippen LogP contribution in [0.2, 0.25) is 5.15 Å². The predicted octanol–water partition coefficient (Wildman–Crippen LogP) is 1.78. The molecule has 0 aromatic carbocycles. The van der Waals surface area contributed by atoms with E-state index in [9.17, 15) is 0 Å². The molecule has 16 heavy (non-hydrogen) atoms. The van der Waals surface area contributed by atoms with Gasteiger partial charge in [0.15, 0.2) is 0 Å². The van der Waals surface area contributed by atoms with Crippen molar-refractivity contribution < 1.29 is 4.74 Å². The topological polar surface area (TPSA) is 53.1 Å². The summed E-state index contributed by atoms with van der Waals surface area (Å²) in [5, 5.41) is 4.92. The van der Waals surface area contributed by atoms with Crippen LogP contribution >= 0.6 is 11.6 Å². The van der Waals surface area contributed by atoms with Gasteiger partial charge < -0.3 is 10.5 Å². The molecule has 0 aliphatic heterocycles. The van der Waals surface area contributed by atoms with Crippen LogP contribution in [-0.4, -0.2) is 21.9 Å². The van der Waals surface area contributed by atoms with Crippen molar-refractivity contribution in [3.8, 4) is 0 Å². The van der Waals surface area contributed by atoms with E-state index in [0.717, 1.165) is 30.5 Å². The minimum Gasteiger partial charge on any atom is -0.373 e. The maximum atomic E-state index is 6.12. The van der Waals surface area contributed by atoms with Crippen molar-refractivity contribution in [2.75, 3.05) is 0 Å². The van der Waals surface area contributed by atoms with Gasteiger partial charge in [-0.05, 0) is 26.2 Å². The van der Waals surface area contributed by atoms with Crippen LogP contribution in [-0.2, 0) is 18.4 Å². The zero-order chi connectivity index (χ0) is 11.7. The van der Waals surface area contributed by atoms with Crippen LogP contribution in [0, 0.1) is 6.92 Å². The summed E-state index contributed by atoms with van der Waals surface area (Å²) in [6, 6.07) is 0.301. The zero-order valence-corrected chi connectivity index (χ0v) is 10.5. The first-order valence-corrected chi connectivity index (χ1v) is 6.01. The third kappa shape index (κ3) is 2.39. The molecule has 0 saturated heterocycles. The average Bonchev–Trinajstić information content (AvgIpc) is 2.72. The molecule has 5 heteroatoms. The number of nitrogens with two attached hydrogens (primary N) is 1. The van der Waals surface area contributed by atoms with Crippen molar-refractivity contribution in [2.45, 2.75) is 44.9 Å². The van der Waals surface area contributed by atoms with Crippen molar-refractivity contribution in [3.05, 3.63) is 16.4 Å². The normalized spacial score (nSPS) is 25.2. The van der Waals surface area contributed by atoms with Gasteiger partial charge in [0.2, 0.25) is 0 Å². The molecule has 4 nitrogen and oxygen atoms in total. The molecule has 1 aromatic rings. The van der Waals surface area contributed by atoms with Crippen molar-refractivity contribution in [1.82, 2.24) is 9.78 Å². The van der Waals surface area contributed by atoms with E-state index in [2.05, 4.69) is 5.10 Å². The molecule has 1 aliphatic carbocycles. The molecular formula is C11H18ClN3O. The van der Waals surface area contributed by atoms with Gasteiger partial charge in [0.1, 0.15) is 5.15 Å². The fourth-order valence-electron chi connectivity index (χ4n) is 2.16. The Morgan fingerprint density at radius 3 is 2.81 bits per heavy atom. The van der Waals surface area contributed by atoms with Crippen LogP contribution < -0.4 is 5.73 Å². The summed E-state index contributed by atoms with van der Waals surface area (Å²) in [6.45, 7) is 2.49. The van der Waals surface area contributed by atoms with Gasteiger partial charge in [0, 0.05) is 18.7 Å². The molecule has 1 heterocycles. The van der Waals surface area contributed by atoms with Gasteiger partial charge in [-0.15, -0.1) is 0 Å². The highest BCUT2D eigenvalue weighted by molar-refractivity contribution is 6.30. The van der Waals surface area contributed by atoms with Crippen LogP contribution in [0.15, 0.2) is 0 Å². The summed E-state index contributed by atoms with van der Waals surface area (Å²) >= 11 is 6.12. The molecule has 1 aromatic heterocycles. The lowest BCUT2D eigenvalue weighted by Crippen LogP contribution is -2.17. The van der Waals surface area contributed by atoms with Crippen molar-refractivity contribution in [2.24, 2.45) is 12.8 Å². The Balaban J connectivity index is 1.94. The molecule has 2 rings (SSSR count). The molecule has 0 radical (unpaired) electrons. The van der Waals surface area contributed by atoms with Crippen LogP contribution in [0.4, 0.5) is 0 Å². The summed E-state index contributed by atoms with van der Waals surface area (Å²) in [7, 11) is 1.84. The molecule has 0 bridgehead atoms. The summed E-state index contributed by atoms with van der Waals surface area (Å²) in [6.07, 6.45) is 3.35. The molecule has 0 amide bonds. The van der Waals surface area contributed by atoms with Gasteiger partial charge in [-0.2, -0.15) is 5.10 Å². The maximum Gasteiger partial charge on any atom is 0.132 e. The molecule has 1 aliphatic rings. The third-order valence-corrected chi connectivity index (χ3v) is 3.63. The lowest BCUT2D eigenvalue weighted by Gasteiger charge is -2.11. The van der Waals surface area contributed by atoms with Crippen molar-refractivity contribution in [1.29, 1.82) is 0 Å². The van der Waals surface area contributed by atoms with Crippen LogP contribution in [0.3, 0.4) is 0 Å². The number of halogens is 1. The standard InChI is InChI=1S/C11H18ClN3O/c1-7-10(11(12)15(2)14-7)6-16-9-4-3-8(13)5-9/h8-9H,3-6,13H2,1-2H3. The second-order valence-electron chi connectivity index (χ2n) is 4.48. The molecule has 0 spiro atoms. The van der Waals surface area contributed by atoms with E-state index in [0.29, 0.717) is 17.8 Å². The van der Waals surface area contributed by atoms with E-state index in [1.54, 1.807) is 4.68 Å². The summed E-state index contributed by atoms with van der Waals surface area (Å²) in [5.41, 5.74) is 7.77. The zero-order valence-electron chi connectivity index (χ0n) is 9.74. The molecule has 2 N–H and O–H groups in total. The van der Waals surface area contributed by atoms with Crippen molar-refractivity contribution in [3.63, 3.8) is 0 Å². The van der Waals surface area contributed by atoms with E-state index < -0.39 is 0 Å². The van der Waals surface area contributed by atoms with E-state index in [1.807, 2.05) is 14.0 Å². The highest BCUT2D eigenvalue weighted by atomic mass is 35.5. The van der Waals surface area contributed by atoms with Crippen LogP contribution in [0.5, 0.6) is 0 Å². The second-order valence-corrected chi connectivity index (χ2v) is 4.84. The Kier molecular flexibility index (Phi) is 3.52. The minimum atomic E-state index is 0.283. The Hall–Kier alpha value is -0.580. The van der Waals surface area contributed by atoms with Gasteiger partial charge in [-0.3, -0.25) is 4.68 Å². The number of hydrogen-bond acceptors (Lipinski definition) is 3. The third-order valence-electron chi connectivity index (χ3n) is 3.16. The van der Waals surface area contributed by atoms with Gasteiger partial charge in [-0.1, -0.05) is 11.6 Å². The monoisotopic (exact) mass is 243 g/mol. The van der Waals surface area contributed by atoms with Crippen molar-refractivity contribution >= 4 is 11.6 Å². The maximum absolute atomic E-state index is 6.12. The number of rotatable bonds is 3. The second kappa shape index (κ2) is 4.73. The highest BCUT2D eigenvalue weighted by Crippen LogP contribution is 2.24. The summed E-state index contributed by atoms with van der Waals surface area (Å²) in [4.78, 5) is 0. The van der Waals surface area contributed by atoms with E-state index in [-0.39, 0.29) is 6.10 Å². The van der Waals surface area contributed by atoms with Gasteiger partial charge in [-0.25, -0.2) is 0 Å². The average molecular weight is 244 g/mol. The summed E-state index contributed by atoms with van der Waals surface area (Å²) < 4.78 is 7.49. The van der Waals surface area contributed by atoms with Crippen LogP contribution in [0.25, 0.3) is 0 Å². The molecule has 1 saturated carbocycles. The Bertz CT molecular complexity index is 378. The molecular weight excluding hydrogens is 226 g/mol. The van der Waals surface area contributed by atoms with Gasteiger partial charge in [0.05, 0.1) is 18.4 Å². The highest BCUT2D eigenvalue weighted by Gasteiger charge is 2.23. The molecule has 2 unspecified atom stereocenters. The van der Waals surface area contributed by atoms with Crippen LogP contribution in [0.1, 0.15) is 30.5 Å². The fourth-order valence-corrected chi connectivity index (χ4v) is 2.39. The molecule has 90 valence electrons. The van der Waals surface area contributed by atoms with Gasteiger partial charge in [0.25, 0.3) is 0 Å². The minimum absolute atomic E-state index is 0.283. The SMILES string of the molecule is Cc1nn(C)c(Cl)c1COC1CCC(N)C1. The lowest BCUT2D eigenvalue weighted by atomic mass is 10.2. The van der Waals surface area contributed by atoms with E-state index in [1.165, 1.54) is 0 Å². The van der Waals surface area contributed by atoms with E-state index in [4.69, 9.17) is 22.1 Å². The first kappa shape index (κ1) is 11.9. The smallest absolute Gasteiger partial charge is 0.132 e. The lowest BCUT2D eigenvalue weighted by molar-refractivity contribution is 0.0446.